The SMILES string of the molecule is CC(C)C(=Cc1cncs1)CNC(C)(C)C. The largest absolute Gasteiger partial charge is 0.308 e. The van der Waals surface area contributed by atoms with E-state index in [2.05, 4.69) is 51.0 Å². The van der Waals surface area contributed by atoms with Gasteiger partial charge in [0.1, 0.15) is 0 Å². The summed E-state index contributed by atoms with van der Waals surface area (Å²) in [7, 11) is 0. The highest BCUT2D eigenvalue weighted by molar-refractivity contribution is 7.10. The normalized spacial score (nSPS) is 13.5. The molecule has 1 heterocycles. The Balaban J connectivity index is 2.69. The van der Waals surface area contributed by atoms with Crippen molar-refractivity contribution >= 4 is 17.4 Å². The molecule has 1 rings (SSSR count). The lowest BCUT2D eigenvalue weighted by Crippen LogP contribution is -2.37. The predicted octanol–water partition coefficient (Wildman–Crippen LogP) is 3.57. The van der Waals surface area contributed by atoms with E-state index >= 15 is 0 Å². The quantitative estimate of drug-likeness (QED) is 0.867. The van der Waals surface area contributed by atoms with Crippen molar-refractivity contribution in [1.82, 2.24) is 10.3 Å². The third-order valence-corrected chi connectivity index (χ3v) is 3.07. The van der Waals surface area contributed by atoms with E-state index in [1.54, 1.807) is 11.3 Å². The first-order valence-electron chi connectivity index (χ1n) is 5.72. The highest BCUT2D eigenvalue weighted by Gasteiger charge is 2.11. The van der Waals surface area contributed by atoms with Crippen molar-refractivity contribution < 1.29 is 0 Å². The lowest BCUT2D eigenvalue weighted by atomic mass is 10.0. The number of nitrogens with zero attached hydrogens (tertiary/aromatic N) is 1. The van der Waals surface area contributed by atoms with Gasteiger partial charge in [-0.05, 0) is 32.8 Å². The average Bonchev–Trinajstić information content (AvgIpc) is 2.62. The summed E-state index contributed by atoms with van der Waals surface area (Å²) < 4.78 is 0. The lowest BCUT2D eigenvalue weighted by Gasteiger charge is -2.23. The van der Waals surface area contributed by atoms with E-state index < -0.39 is 0 Å². The molecule has 0 fully saturated rings. The van der Waals surface area contributed by atoms with Gasteiger partial charge in [0.05, 0.1) is 5.51 Å². The maximum atomic E-state index is 4.10. The molecular weight excluding hydrogens is 216 g/mol. The molecule has 0 bridgehead atoms. The molecular formula is C13H22N2S. The van der Waals surface area contributed by atoms with Gasteiger partial charge in [-0.1, -0.05) is 19.4 Å². The second kappa shape index (κ2) is 5.60. The minimum atomic E-state index is 0.168. The predicted molar refractivity (Wildman–Crippen MR) is 72.7 cm³/mol. The number of nitrogens with one attached hydrogen (secondary N) is 1. The first-order chi connectivity index (χ1) is 7.38. The fraction of sp³-hybridized carbons (Fsp3) is 0.615. The van der Waals surface area contributed by atoms with Crippen LogP contribution in [0.2, 0.25) is 0 Å². The minimum absolute atomic E-state index is 0.168. The van der Waals surface area contributed by atoms with E-state index in [0.717, 1.165) is 6.54 Å². The van der Waals surface area contributed by atoms with Crippen molar-refractivity contribution in [2.24, 2.45) is 5.92 Å². The Morgan fingerprint density at radius 1 is 1.50 bits per heavy atom. The molecule has 0 spiro atoms. The van der Waals surface area contributed by atoms with Crippen LogP contribution in [0.5, 0.6) is 0 Å². The molecule has 1 N–H and O–H groups in total. The van der Waals surface area contributed by atoms with Crippen LogP contribution in [-0.2, 0) is 0 Å². The van der Waals surface area contributed by atoms with E-state index in [9.17, 15) is 0 Å². The molecule has 0 saturated carbocycles. The number of hydrogen-bond donors (Lipinski definition) is 1. The van der Waals surface area contributed by atoms with Crippen molar-refractivity contribution in [2.45, 2.75) is 40.2 Å². The van der Waals surface area contributed by atoms with Gasteiger partial charge in [0.25, 0.3) is 0 Å². The van der Waals surface area contributed by atoms with Crippen LogP contribution in [0.3, 0.4) is 0 Å². The minimum Gasteiger partial charge on any atom is -0.308 e. The summed E-state index contributed by atoms with van der Waals surface area (Å²) >= 11 is 1.69. The number of rotatable bonds is 4. The molecule has 0 aromatic carbocycles. The fourth-order valence-corrected chi connectivity index (χ4v) is 1.85. The van der Waals surface area contributed by atoms with Crippen LogP contribution >= 0.6 is 11.3 Å². The average molecular weight is 238 g/mol. The Hall–Kier alpha value is -0.670. The number of thiazole rings is 1. The van der Waals surface area contributed by atoms with Gasteiger partial charge in [-0.2, -0.15) is 0 Å². The van der Waals surface area contributed by atoms with Crippen molar-refractivity contribution in [1.29, 1.82) is 0 Å². The highest BCUT2D eigenvalue weighted by atomic mass is 32.1. The first-order valence-corrected chi connectivity index (χ1v) is 6.60. The Morgan fingerprint density at radius 3 is 2.62 bits per heavy atom. The topological polar surface area (TPSA) is 24.9 Å². The van der Waals surface area contributed by atoms with E-state index in [1.807, 2.05) is 11.7 Å². The Kier molecular flexibility index (Phi) is 4.69. The van der Waals surface area contributed by atoms with Crippen molar-refractivity contribution in [3.8, 4) is 0 Å². The van der Waals surface area contributed by atoms with E-state index in [-0.39, 0.29) is 5.54 Å². The molecule has 0 saturated heterocycles. The molecule has 2 nitrogen and oxygen atoms in total. The van der Waals surface area contributed by atoms with Crippen molar-refractivity contribution in [3.63, 3.8) is 0 Å². The summed E-state index contributed by atoms with van der Waals surface area (Å²) in [5.74, 6) is 0.567. The van der Waals surface area contributed by atoms with E-state index in [0.29, 0.717) is 5.92 Å². The summed E-state index contributed by atoms with van der Waals surface area (Å²) in [5, 5.41) is 3.53. The Morgan fingerprint density at radius 2 is 2.19 bits per heavy atom. The van der Waals surface area contributed by atoms with Gasteiger partial charge in [0.15, 0.2) is 0 Å². The smallest absolute Gasteiger partial charge is 0.0797 e. The van der Waals surface area contributed by atoms with Gasteiger partial charge in [0.2, 0.25) is 0 Å². The molecule has 0 aliphatic heterocycles. The van der Waals surface area contributed by atoms with Gasteiger partial charge < -0.3 is 5.32 Å². The van der Waals surface area contributed by atoms with Crippen LogP contribution in [0, 0.1) is 5.92 Å². The molecule has 0 atom stereocenters. The molecule has 16 heavy (non-hydrogen) atoms. The summed E-state index contributed by atoms with van der Waals surface area (Å²) in [4.78, 5) is 5.33. The van der Waals surface area contributed by atoms with E-state index in [1.165, 1.54) is 10.5 Å². The molecule has 3 heteroatoms. The number of aromatic nitrogens is 1. The van der Waals surface area contributed by atoms with Crippen molar-refractivity contribution in [3.05, 3.63) is 22.2 Å². The van der Waals surface area contributed by atoms with E-state index in [4.69, 9.17) is 0 Å². The second-order valence-corrected chi connectivity index (χ2v) is 6.30. The van der Waals surface area contributed by atoms with Gasteiger partial charge in [-0.25, -0.2) is 0 Å². The summed E-state index contributed by atoms with van der Waals surface area (Å²) in [6, 6.07) is 0. The van der Waals surface area contributed by atoms with Crippen LogP contribution in [-0.4, -0.2) is 17.1 Å². The monoisotopic (exact) mass is 238 g/mol. The number of hydrogen-bond acceptors (Lipinski definition) is 3. The van der Waals surface area contributed by atoms with Crippen molar-refractivity contribution in [2.75, 3.05) is 6.54 Å². The lowest BCUT2D eigenvalue weighted by molar-refractivity contribution is 0.437. The molecule has 0 aliphatic rings. The molecule has 1 aromatic rings. The van der Waals surface area contributed by atoms with Gasteiger partial charge in [-0.15, -0.1) is 11.3 Å². The van der Waals surface area contributed by atoms with Crippen LogP contribution in [0.25, 0.3) is 6.08 Å². The van der Waals surface area contributed by atoms with Gasteiger partial charge >= 0.3 is 0 Å². The summed E-state index contributed by atoms with van der Waals surface area (Å²) in [6.07, 6.45) is 4.17. The maximum absolute atomic E-state index is 4.10. The highest BCUT2D eigenvalue weighted by Crippen LogP contribution is 2.17. The standard InChI is InChI=1S/C13H22N2S/c1-10(2)11(7-15-13(3,4)5)6-12-8-14-9-16-12/h6,8-10,15H,7H2,1-5H3. The zero-order valence-corrected chi connectivity index (χ0v) is 11.7. The summed E-state index contributed by atoms with van der Waals surface area (Å²) in [5.41, 5.74) is 3.47. The zero-order chi connectivity index (χ0) is 12.2. The van der Waals surface area contributed by atoms with Crippen LogP contribution in [0.15, 0.2) is 17.3 Å². The molecule has 0 unspecified atom stereocenters. The third kappa shape index (κ3) is 4.90. The maximum Gasteiger partial charge on any atom is 0.0797 e. The fourth-order valence-electron chi connectivity index (χ4n) is 1.27. The second-order valence-electron chi connectivity index (χ2n) is 5.38. The molecule has 90 valence electrons. The van der Waals surface area contributed by atoms with Crippen LogP contribution in [0.1, 0.15) is 39.5 Å². The molecule has 0 radical (unpaired) electrons. The van der Waals surface area contributed by atoms with Gasteiger partial charge in [0, 0.05) is 23.2 Å². The Labute approximate surface area is 103 Å². The first kappa shape index (κ1) is 13.4. The Bertz CT molecular complexity index is 331. The zero-order valence-electron chi connectivity index (χ0n) is 10.9. The van der Waals surface area contributed by atoms with Crippen LogP contribution < -0.4 is 5.32 Å². The molecule has 0 aliphatic carbocycles. The summed E-state index contributed by atoms with van der Waals surface area (Å²) in [6.45, 7) is 12.0. The van der Waals surface area contributed by atoms with Crippen LogP contribution in [0.4, 0.5) is 0 Å². The molecule has 1 aromatic heterocycles. The molecule has 0 amide bonds. The third-order valence-electron chi connectivity index (χ3n) is 2.34. The van der Waals surface area contributed by atoms with Gasteiger partial charge in [-0.3, -0.25) is 4.98 Å².